The lowest BCUT2D eigenvalue weighted by Crippen LogP contribution is -2.38. The molecule has 1 rings (SSSR count). The second-order valence-electron chi connectivity index (χ2n) is 4.08. The molecule has 0 atom stereocenters. The second-order valence-corrected chi connectivity index (χ2v) is 4.46. The Morgan fingerprint density at radius 1 is 1.43 bits per heavy atom. The minimum atomic E-state index is -0.0536. The van der Waals surface area contributed by atoms with Crippen molar-refractivity contribution >= 4 is 17.5 Å². The Labute approximate surface area is 89.8 Å². The van der Waals surface area contributed by atoms with E-state index in [1.54, 1.807) is 0 Å². The maximum atomic E-state index is 11.2. The molecule has 0 heterocycles. The van der Waals surface area contributed by atoms with Crippen LogP contribution in [0.2, 0.25) is 0 Å². The first-order valence-electron chi connectivity index (χ1n) is 5.16. The van der Waals surface area contributed by atoms with Crippen molar-refractivity contribution < 1.29 is 9.90 Å². The van der Waals surface area contributed by atoms with Crippen LogP contribution in [0.3, 0.4) is 0 Å². The number of alkyl halides is 1. The summed E-state index contributed by atoms with van der Waals surface area (Å²) in [5, 5.41) is 12.1. The van der Waals surface area contributed by atoms with Crippen LogP contribution >= 0.6 is 11.6 Å². The van der Waals surface area contributed by atoms with Crippen molar-refractivity contribution in [2.24, 2.45) is 5.41 Å². The lowest BCUT2D eigenvalue weighted by Gasteiger charge is -2.26. The van der Waals surface area contributed by atoms with E-state index >= 15 is 0 Å². The normalized spacial score (nSPS) is 19.6. The van der Waals surface area contributed by atoms with Gasteiger partial charge < -0.3 is 10.4 Å². The molecule has 0 aliphatic heterocycles. The third kappa shape index (κ3) is 3.14. The number of hydrogen-bond donors (Lipinski definition) is 2. The first kappa shape index (κ1) is 11.8. The molecule has 3 nitrogen and oxygen atoms in total. The summed E-state index contributed by atoms with van der Waals surface area (Å²) in [5.74, 6) is 0.345. The Bertz CT molecular complexity index is 191. The van der Waals surface area contributed by atoms with Crippen LogP contribution < -0.4 is 5.32 Å². The van der Waals surface area contributed by atoms with Gasteiger partial charge in [0.05, 0.1) is 6.61 Å². The quantitative estimate of drug-likeness (QED) is 0.685. The SMILES string of the molecule is O=C(CCCl)NCC1(CO)CCCC1. The fourth-order valence-corrected chi connectivity index (χ4v) is 2.15. The van der Waals surface area contributed by atoms with Crippen LogP contribution in [0.1, 0.15) is 32.1 Å². The highest BCUT2D eigenvalue weighted by molar-refractivity contribution is 6.18. The molecule has 2 N–H and O–H groups in total. The van der Waals surface area contributed by atoms with Crippen molar-refractivity contribution in [2.45, 2.75) is 32.1 Å². The summed E-state index contributed by atoms with van der Waals surface area (Å²) in [7, 11) is 0. The Morgan fingerprint density at radius 2 is 2.07 bits per heavy atom. The maximum Gasteiger partial charge on any atom is 0.221 e. The van der Waals surface area contributed by atoms with Crippen molar-refractivity contribution in [3.63, 3.8) is 0 Å². The Hall–Kier alpha value is -0.280. The van der Waals surface area contributed by atoms with Crippen molar-refractivity contribution in [3.05, 3.63) is 0 Å². The lowest BCUT2D eigenvalue weighted by atomic mass is 9.87. The molecule has 1 aliphatic carbocycles. The van der Waals surface area contributed by atoms with E-state index in [1.165, 1.54) is 0 Å². The number of rotatable bonds is 5. The highest BCUT2D eigenvalue weighted by atomic mass is 35.5. The van der Waals surface area contributed by atoms with Gasteiger partial charge in [-0.25, -0.2) is 0 Å². The van der Waals surface area contributed by atoms with E-state index < -0.39 is 0 Å². The van der Waals surface area contributed by atoms with Gasteiger partial charge in [-0.15, -0.1) is 11.6 Å². The largest absolute Gasteiger partial charge is 0.396 e. The minimum Gasteiger partial charge on any atom is -0.396 e. The molecular weight excluding hydrogens is 202 g/mol. The maximum absolute atomic E-state index is 11.2. The van der Waals surface area contributed by atoms with Crippen molar-refractivity contribution in [2.75, 3.05) is 19.0 Å². The van der Waals surface area contributed by atoms with E-state index in [1.807, 2.05) is 0 Å². The summed E-state index contributed by atoms with van der Waals surface area (Å²) in [6.45, 7) is 0.771. The highest BCUT2D eigenvalue weighted by Gasteiger charge is 2.33. The van der Waals surface area contributed by atoms with Gasteiger partial charge in [0.15, 0.2) is 0 Å². The topological polar surface area (TPSA) is 49.3 Å². The van der Waals surface area contributed by atoms with Gasteiger partial charge in [0.1, 0.15) is 0 Å². The van der Waals surface area contributed by atoms with Crippen LogP contribution in [0.25, 0.3) is 0 Å². The van der Waals surface area contributed by atoms with Gasteiger partial charge in [-0.3, -0.25) is 4.79 Å². The van der Waals surface area contributed by atoms with E-state index in [2.05, 4.69) is 5.32 Å². The molecule has 0 aromatic heterocycles. The predicted octanol–water partition coefficient (Wildman–Crippen LogP) is 1.28. The molecule has 0 spiro atoms. The van der Waals surface area contributed by atoms with Crippen LogP contribution in [-0.2, 0) is 4.79 Å². The van der Waals surface area contributed by atoms with E-state index in [0.29, 0.717) is 18.8 Å². The summed E-state index contributed by atoms with van der Waals surface area (Å²) in [4.78, 5) is 11.2. The van der Waals surface area contributed by atoms with Gasteiger partial charge in [-0.1, -0.05) is 12.8 Å². The molecule has 0 bridgehead atoms. The fraction of sp³-hybridized carbons (Fsp3) is 0.900. The summed E-state index contributed by atoms with van der Waals surface area (Å²) in [5.41, 5.74) is -0.0536. The van der Waals surface area contributed by atoms with E-state index in [4.69, 9.17) is 11.6 Å². The van der Waals surface area contributed by atoms with E-state index in [9.17, 15) is 9.90 Å². The van der Waals surface area contributed by atoms with E-state index in [-0.39, 0.29) is 17.9 Å². The highest BCUT2D eigenvalue weighted by Crippen LogP contribution is 2.36. The molecule has 0 saturated heterocycles. The Balaban J connectivity index is 2.30. The van der Waals surface area contributed by atoms with Crippen LogP contribution in [0, 0.1) is 5.41 Å². The van der Waals surface area contributed by atoms with Gasteiger partial charge in [0, 0.05) is 24.3 Å². The Morgan fingerprint density at radius 3 is 2.57 bits per heavy atom. The molecule has 0 unspecified atom stereocenters. The third-order valence-corrected chi connectivity index (χ3v) is 3.17. The van der Waals surface area contributed by atoms with E-state index in [0.717, 1.165) is 25.7 Å². The fourth-order valence-electron chi connectivity index (χ4n) is 1.98. The third-order valence-electron chi connectivity index (χ3n) is 2.98. The second kappa shape index (κ2) is 5.56. The minimum absolute atomic E-state index is 0.0141. The molecule has 1 saturated carbocycles. The number of hydrogen-bond acceptors (Lipinski definition) is 2. The zero-order chi connectivity index (χ0) is 10.4. The van der Waals surface area contributed by atoms with Crippen LogP contribution in [-0.4, -0.2) is 30.0 Å². The summed E-state index contributed by atoms with van der Waals surface area (Å²) >= 11 is 5.45. The van der Waals surface area contributed by atoms with Crippen molar-refractivity contribution in [3.8, 4) is 0 Å². The summed E-state index contributed by atoms with van der Waals surface area (Å²) in [6.07, 6.45) is 4.72. The average Bonchev–Trinajstić information content (AvgIpc) is 2.65. The Kier molecular flexibility index (Phi) is 4.69. The van der Waals surface area contributed by atoms with Gasteiger partial charge in [0.2, 0.25) is 5.91 Å². The molecule has 82 valence electrons. The standard InChI is InChI=1S/C10H18ClNO2/c11-6-3-9(14)12-7-10(8-13)4-1-2-5-10/h13H,1-8H2,(H,12,14). The average molecular weight is 220 g/mol. The van der Waals surface area contributed by atoms with Gasteiger partial charge in [-0.05, 0) is 12.8 Å². The van der Waals surface area contributed by atoms with Crippen LogP contribution in [0.15, 0.2) is 0 Å². The predicted molar refractivity (Wildman–Crippen MR) is 56.3 cm³/mol. The monoisotopic (exact) mass is 219 g/mol. The zero-order valence-corrected chi connectivity index (χ0v) is 9.15. The smallest absolute Gasteiger partial charge is 0.221 e. The van der Waals surface area contributed by atoms with Crippen molar-refractivity contribution in [1.82, 2.24) is 5.32 Å². The van der Waals surface area contributed by atoms with Crippen molar-refractivity contribution in [1.29, 1.82) is 0 Å². The molecule has 14 heavy (non-hydrogen) atoms. The van der Waals surface area contributed by atoms with Gasteiger partial charge >= 0.3 is 0 Å². The first-order valence-corrected chi connectivity index (χ1v) is 5.69. The lowest BCUT2D eigenvalue weighted by molar-refractivity contribution is -0.121. The molecule has 0 aromatic rings. The van der Waals surface area contributed by atoms with Crippen LogP contribution in [0.4, 0.5) is 0 Å². The first-order chi connectivity index (χ1) is 6.72. The molecule has 1 amide bonds. The molecular formula is C10H18ClNO2. The molecule has 1 fully saturated rings. The number of carbonyl (C=O) groups excluding carboxylic acids is 1. The molecule has 1 aliphatic rings. The zero-order valence-electron chi connectivity index (χ0n) is 8.39. The molecule has 0 radical (unpaired) electrons. The number of halogens is 1. The molecule has 0 aromatic carbocycles. The summed E-state index contributed by atoms with van der Waals surface area (Å²) < 4.78 is 0. The van der Waals surface area contributed by atoms with Gasteiger partial charge in [0.25, 0.3) is 0 Å². The van der Waals surface area contributed by atoms with Gasteiger partial charge in [-0.2, -0.15) is 0 Å². The number of carbonyl (C=O) groups is 1. The number of aliphatic hydroxyl groups excluding tert-OH is 1. The number of nitrogens with one attached hydrogen (secondary N) is 1. The molecule has 4 heteroatoms. The van der Waals surface area contributed by atoms with Crippen LogP contribution in [0.5, 0.6) is 0 Å². The summed E-state index contributed by atoms with van der Waals surface area (Å²) in [6, 6.07) is 0. The number of aliphatic hydroxyl groups is 1. The number of amides is 1.